The summed E-state index contributed by atoms with van der Waals surface area (Å²) < 4.78 is 13.6. The molecule has 0 aliphatic rings. The Morgan fingerprint density at radius 2 is 1.52 bits per heavy atom. The van der Waals surface area contributed by atoms with Crippen molar-refractivity contribution in [3.8, 4) is 0 Å². The van der Waals surface area contributed by atoms with E-state index < -0.39 is 5.82 Å². The van der Waals surface area contributed by atoms with E-state index in [-0.39, 0.29) is 36.4 Å². The molecule has 0 saturated carbocycles. The number of rotatable bonds is 9. The molecule has 3 N–H and O–H groups in total. The Hall–Kier alpha value is -3.26. The summed E-state index contributed by atoms with van der Waals surface area (Å²) >= 11 is 0. The van der Waals surface area contributed by atoms with E-state index in [0.717, 1.165) is 0 Å². The molecule has 2 aromatic carbocycles. The fourth-order valence-electron chi connectivity index (χ4n) is 2.63. The summed E-state index contributed by atoms with van der Waals surface area (Å²) in [4.78, 5) is 37.1. The molecule has 0 bridgehead atoms. The SMILES string of the molecule is CCN(CCC(=O)Nc1ccccc1F)CC(=O)Nc1ccc(NC(C)=O)cc1. The third kappa shape index (κ3) is 7.71. The van der Waals surface area contributed by atoms with Crippen molar-refractivity contribution in [2.24, 2.45) is 0 Å². The van der Waals surface area contributed by atoms with Crippen molar-refractivity contribution < 1.29 is 18.8 Å². The Morgan fingerprint density at radius 1 is 0.897 bits per heavy atom. The number of likely N-dealkylation sites (N-methyl/N-ethyl adjacent to an activating group) is 1. The topological polar surface area (TPSA) is 90.5 Å². The predicted molar refractivity (Wildman–Crippen MR) is 111 cm³/mol. The molecule has 0 saturated heterocycles. The van der Waals surface area contributed by atoms with Crippen LogP contribution >= 0.6 is 0 Å². The molecular weight excluding hydrogens is 375 g/mol. The minimum absolute atomic E-state index is 0.122. The van der Waals surface area contributed by atoms with E-state index >= 15 is 0 Å². The average molecular weight is 400 g/mol. The lowest BCUT2D eigenvalue weighted by Crippen LogP contribution is -2.35. The molecular formula is C21H25FN4O3. The summed E-state index contributed by atoms with van der Waals surface area (Å²) in [7, 11) is 0. The quantitative estimate of drug-likeness (QED) is 0.603. The van der Waals surface area contributed by atoms with Crippen LogP contribution in [0, 0.1) is 5.82 Å². The van der Waals surface area contributed by atoms with Crippen LogP contribution in [0.1, 0.15) is 20.3 Å². The van der Waals surface area contributed by atoms with Gasteiger partial charge in [-0.3, -0.25) is 19.3 Å². The summed E-state index contributed by atoms with van der Waals surface area (Å²) in [6.07, 6.45) is 0.140. The first-order chi connectivity index (χ1) is 13.9. The van der Waals surface area contributed by atoms with E-state index in [4.69, 9.17) is 0 Å². The zero-order chi connectivity index (χ0) is 21.2. The highest BCUT2D eigenvalue weighted by Crippen LogP contribution is 2.14. The average Bonchev–Trinajstić information content (AvgIpc) is 2.68. The molecule has 3 amide bonds. The molecule has 2 rings (SSSR count). The van der Waals surface area contributed by atoms with Gasteiger partial charge in [-0.2, -0.15) is 0 Å². The van der Waals surface area contributed by atoms with E-state index in [9.17, 15) is 18.8 Å². The van der Waals surface area contributed by atoms with Crippen molar-refractivity contribution in [1.29, 1.82) is 0 Å². The van der Waals surface area contributed by atoms with Crippen molar-refractivity contribution in [2.75, 3.05) is 35.6 Å². The summed E-state index contributed by atoms with van der Waals surface area (Å²) in [5, 5.41) is 7.96. The van der Waals surface area contributed by atoms with Crippen LogP contribution in [0.15, 0.2) is 48.5 Å². The Bertz CT molecular complexity index is 855. The van der Waals surface area contributed by atoms with Gasteiger partial charge in [0, 0.05) is 31.3 Å². The highest BCUT2D eigenvalue weighted by molar-refractivity contribution is 5.93. The number of amides is 3. The van der Waals surface area contributed by atoms with Crippen molar-refractivity contribution >= 4 is 34.8 Å². The van der Waals surface area contributed by atoms with Gasteiger partial charge in [-0.05, 0) is 42.9 Å². The van der Waals surface area contributed by atoms with E-state index in [1.165, 1.54) is 19.1 Å². The van der Waals surface area contributed by atoms with E-state index in [1.807, 2.05) is 11.8 Å². The second-order valence-corrected chi connectivity index (χ2v) is 6.45. The zero-order valence-corrected chi connectivity index (χ0v) is 16.5. The highest BCUT2D eigenvalue weighted by atomic mass is 19.1. The maximum atomic E-state index is 13.6. The van der Waals surface area contributed by atoms with Crippen molar-refractivity contribution in [3.63, 3.8) is 0 Å². The van der Waals surface area contributed by atoms with Crippen molar-refractivity contribution in [1.82, 2.24) is 4.90 Å². The van der Waals surface area contributed by atoms with Gasteiger partial charge in [0.2, 0.25) is 17.7 Å². The van der Waals surface area contributed by atoms with Crippen LogP contribution in [0.4, 0.5) is 21.5 Å². The normalized spacial score (nSPS) is 10.5. The van der Waals surface area contributed by atoms with E-state index in [1.54, 1.807) is 36.4 Å². The van der Waals surface area contributed by atoms with Crippen LogP contribution in [0.25, 0.3) is 0 Å². The third-order valence-electron chi connectivity index (χ3n) is 4.11. The second-order valence-electron chi connectivity index (χ2n) is 6.45. The molecule has 2 aromatic rings. The van der Waals surface area contributed by atoms with Crippen LogP contribution < -0.4 is 16.0 Å². The first-order valence-corrected chi connectivity index (χ1v) is 9.31. The molecule has 0 unspecified atom stereocenters. The van der Waals surface area contributed by atoms with Gasteiger partial charge in [-0.25, -0.2) is 4.39 Å². The number of hydrogen-bond acceptors (Lipinski definition) is 4. The Kier molecular flexibility index (Phi) is 8.29. The second kappa shape index (κ2) is 10.9. The molecule has 0 heterocycles. The zero-order valence-electron chi connectivity index (χ0n) is 16.5. The number of benzene rings is 2. The molecule has 0 fully saturated rings. The summed E-state index contributed by atoms with van der Waals surface area (Å²) in [5.74, 6) is -1.19. The van der Waals surface area contributed by atoms with Gasteiger partial charge in [0.15, 0.2) is 0 Å². The predicted octanol–water partition coefficient (Wildman–Crippen LogP) is 3.07. The van der Waals surface area contributed by atoms with Crippen molar-refractivity contribution in [2.45, 2.75) is 20.3 Å². The number of nitrogens with one attached hydrogen (secondary N) is 3. The van der Waals surface area contributed by atoms with E-state index in [2.05, 4.69) is 16.0 Å². The first kappa shape index (κ1) is 22.0. The van der Waals surface area contributed by atoms with Gasteiger partial charge in [-0.1, -0.05) is 19.1 Å². The van der Waals surface area contributed by atoms with Crippen LogP contribution in [-0.4, -0.2) is 42.3 Å². The lowest BCUT2D eigenvalue weighted by Gasteiger charge is -2.19. The number of carbonyl (C=O) groups is 3. The first-order valence-electron chi connectivity index (χ1n) is 9.31. The number of carbonyl (C=O) groups excluding carboxylic acids is 3. The lowest BCUT2D eigenvalue weighted by molar-refractivity contribution is -0.119. The van der Waals surface area contributed by atoms with Gasteiger partial charge in [0.1, 0.15) is 5.82 Å². The van der Waals surface area contributed by atoms with Crippen LogP contribution in [0.2, 0.25) is 0 Å². The summed E-state index contributed by atoms with van der Waals surface area (Å²) in [6, 6.07) is 12.8. The number of halogens is 1. The Labute approximate surface area is 169 Å². The smallest absolute Gasteiger partial charge is 0.238 e. The fourth-order valence-corrected chi connectivity index (χ4v) is 2.63. The Morgan fingerprint density at radius 3 is 2.10 bits per heavy atom. The third-order valence-corrected chi connectivity index (χ3v) is 4.11. The maximum absolute atomic E-state index is 13.6. The van der Waals surface area contributed by atoms with Crippen molar-refractivity contribution in [3.05, 3.63) is 54.3 Å². The molecule has 0 radical (unpaired) electrons. The molecule has 0 aliphatic carbocycles. The van der Waals surface area contributed by atoms with Gasteiger partial charge >= 0.3 is 0 Å². The molecule has 7 nitrogen and oxygen atoms in total. The molecule has 0 aliphatic heterocycles. The van der Waals surface area contributed by atoms with Gasteiger partial charge < -0.3 is 16.0 Å². The monoisotopic (exact) mass is 400 g/mol. The molecule has 154 valence electrons. The molecule has 29 heavy (non-hydrogen) atoms. The van der Waals surface area contributed by atoms with Gasteiger partial charge in [0.05, 0.1) is 12.2 Å². The molecule has 0 spiro atoms. The van der Waals surface area contributed by atoms with Crippen LogP contribution in [-0.2, 0) is 14.4 Å². The largest absolute Gasteiger partial charge is 0.326 e. The molecule has 0 atom stereocenters. The minimum atomic E-state index is -0.489. The van der Waals surface area contributed by atoms with Crippen LogP contribution in [0.3, 0.4) is 0 Å². The number of para-hydroxylation sites is 1. The number of nitrogens with zero attached hydrogens (tertiary/aromatic N) is 1. The lowest BCUT2D eigenvalue weighted by atomic mass is 10.2. The summed E-state index contributed by atoms with van der Waals surface area (Å²) in [5.41, 5.74) is 1.39. The molecule has 8 heteroatoms. The van der Waals surface area contributed by atoms with Gasteiger partial charge in [0.25, 0.3) is 0 Å². The van der Waals surface area contributed by atoms with Crippen LogP contribution in [0.5, 0.6) is 0 Å². The number of anilines is 3. The molecule has 0 aromatic heterocycles. The van der Waals surface area contributed by atoms with Gasteiger partial charge in [-0.15, -0.1) is 0 Å². The standard InChI is InChI=1S/C21H25FN4O3/c1-3-26(13-12-20(28)25-19-7-5-4-6-18(19)22)14-21(29)24-17-10-8-16(9-11-17)23-15(2)27/h4-11H,3,12-14H2,1-2H3,(H,23,27)(H,24,29)(H,25,28). The number of hydrogen-bond donors (Lipinski definition) is 3. The summed E-state index contributed by atoms with van der Waals surface area (Å²) in [6.45, 7) is 4.39. The fraction of sp³-hybridized carbons (Fsp3) is 0.286. The highest BCUT2D eigenvalue weighted by Gasteiger charge is 2.12. The Balaban J connectivity index is 1.79. The van der Waals surface area contributed by atoms with E-state index in [0.29, 0.717) is 24.5 Å². The minimum Gasteiger partial charge on any atom is -0.326 e. The maximum Gasteiger partial charge on any atom is 0.238 e.